The van der Waals surface area contributed by atoms with Gasteiger partial charge in [-0.05, 0) is 29.3 Å². The molecule has 0 fully saturated rings. The Bertz CT molecular complexity index is 1020. The van der Waals surface area contributed by atoms with Crippen LogP contribution in [0, 0.1) is 0 Å². The molecule has 30 heavy (non-hydrogen) atoms. The zero-order valence-electron chi connectivity index (χ0n) is 15.8. The number of nitrogens with one attached hydrogen (secondary N) is 1. The lowest BCUT2D eigenvalue weighted by atomic mass is 9.97. The first kappa shape index (κ1) is 21.2. The van der Waals surface area contributed by atoms with Gasteiger partial charge in [0.1, 0.15) is 12.4 Å². The zero-order chi connectivity index (χ0) is 21.7. The minimum absolute atomic E-state index is 0.0378. The molecular weight excluding hydrogens is 402 g/mol. The Labute approximate surface area is 169 Å². The normalized spacial score (nSPS) is 12.3. The van der Waals surface area contributed by atoms with Gasteiger partial charge in [0.15, 0.2) is 0 Å². The van der Waals surface area contributed by atoms with E-state index >= 15 is 0 Å². The predicted octanol–water partition coefficient (Wildman–Crippen LogP) is 4.49. The number of amides is 1. The Morgan fingerprint density at radius 2 is 1.83 bits per heavy atom. The first-order valence-electron chi connectivity index (χ1n) is 8.82. The summed E-state index contributed by atoms with van der Waals surface area (Å²) in [6, 6.07) is 11.1. The monoisotopic (exact) mass is 419 g/mol. The van der Waals surface area contributed by atoms with Crippen molar-refractivity contribution in [2.24, 2.45) is 0 Å². The maximum Gasteiger partial charge on any atom is 0.418 e. The average molecular weight is 419 g/mol. The summed E-state index contributed by atoms with van der Waals surface area (Å²) in [6.07, 6.45) is -3.47. The summed E-state index contributed by atoms with van der Waals surface area (Å²) in [5, 5.41) is 2.55. The van der Waals surface area contributed by atoms with Crippen LogP contribution < -0.4 is 10.1 Å². The number of pyridine rings is 2. The number of rotatable bonds is 6. The van der Waals surface area contributed by atoms with Crippen LogP contribution in [0.15, 0.2) is 60.8 Å². The highest BCUT2D eigenvalue weighted by molar-refractivity contribution is 5.92. The number of aromatic nitrogens is 2. The molecule has 0 saturated carbocycles. The molecule has 0 unspecified atom stereocenters. The molecule has 2 heterocycles. The number of hydrogen-bond donors (Lipinski definition) is 1. The SMILES string of the molecule is COc1cccc(C(=O)N[C@@H](c2ccc(CF)cc2)c2ncccc2C(F)(F)F)n1. The van der Waals surface area contributed by atoms with Gasteiger partial charge in [0.2, 0.25) is 5.88 Å². The first-order chi connectivity index (χ1) is 14.3. The van der Waals surface area contributed by atoms with Crippen LogP contribution in [0.5, 0.6) is 5.88 Å². The average Bonchev–Trinajstić information content (AvgIpc) is 2.77. The standard InChI is InChI=1S/C21H17F4N3O2/c1-30-17-6-2-5-16(27-17)20(29)28-18(14-9-7-13(12-22)8-10-14)19-15(21(23,24)25)4-3-11-26-19/h2-11,18H,12H2,1H3,(H,28,29)/t18-/m0/s1. The molecule has 0 aliphatic heterocycles. The molecule has 9 heteroatoms. The maximum absolute atomic E-state index is 13.6. The number of ether oxygens (including phenoxy) is 1. The molecule has 0 saturated heterocycles. The number of alkyl halides is 4. The minimum atomic E-state index is -4.68. The van der Waals surface area contributed by atoms with E-state index in [1.54, 1.807) is 0 Å². The Morgan fingerprint density at radius 1 is 1.10 bits per heavy atom. The van der Waals surface area contributed by atoms with Gasteiger partial charge in [-0.2, -0.15) is 13.2 Å². The third-order valence-corrected chi connectivity index (χ3v) is 4.33. The number of hydrogen-bond acceptors (Lipinski definition) is 4. The molecule has 3 rings (SSSR count). The van der Waals surface area contributed by atoms with Gasteiger partial charge in [0.05, 0.1) is 24.4 Å². The van der Waals surface area contributed by atoms with Crippen molar-refractivity contribution in [3.63, 3.8) is 0 Å². The summed E-state index contributed by atoms with van der Waals surface area (Å²) in [4.78, 5) is 20.7. The lowest BCUT2D eigenvalue weighted by Crippen LogP contribution is -2.32. The van der Waals surface area contributed by atoms with Crippen molar-refractivity contribution in [2.45, 2.75) is 18.9 Å². The van der Waals surface area contributed by atoms with Crippen LogP contribution in [0.3, 0.4) is 0 Å². The van der Waals surface area contributed by atoms with Crippen LogP contribution in [-0.4, -0.2) is 23.0 Å². The molecule has 3 aromatic rings. The number of nitrogens with zero attached hydrogens (tertiary/aromatic N) is 2. The van der Waals surface area contributed by atoms with Crippen LogP contribution in [-0.2, 0) is 12.9 Å². The molecule has 0 aliphatic rings. The molecule has 0 bridgehead atoms. The second-order valence-electron chi connectivity index (χ2n) is 6.28. The Hall–Kier alpha value is -3.49. The molecule has 156 valence electrons. The van der Waals surface area contributed by atoms with Gasteiger partial charge in [0, 0.05) is 12.3 Å². The summed E-state index contributed by atoms with van der Waals surface area (Å²) in [5.74, 6) is -0.535. The van der Waals surface area contributed by atoms with Crippen LogP contribution in [0.2, 0.25) is 0 Å². The molecule has 1 N–H and O–H groups in total. The van der Waals surface area contributed by atoms with E-state index in [0.717, 1.165) is 6.07 Å². The van der Waals surface area contributed by atoms with Gasteiger partial charge in [0.25, 0.3) is 5.91 Å². The fourth-order valence-corrected chi connectivity index (χ4v) is 2.86. The molecule has 1 amide bonds. The molecule has 5 nitrogen and oxygen atoms in total. The number of halogens is 4. The van der Waals surface area contributed by atoms with Crippen LogP contribution in [0.1, 0.15) is 38.9 Å². The number of carbonyl (C=O) groups excluding carboxylic acids is 1. The highest BCUT2D eigenvalue weighted by Gasteiger charge is 2.37. The van der Waals surface area contributed by atoms with Crippen LogP contribution >= 0.6 is 0 Å². The van der Waals surface area contributed by atoms with Crippen LogP contribution in [0.4, 0.5) is 17.6 Å². The first-order valence-corrected chi connectivity index (χ1v) is 8.82. The maximum atomic E-state index is 13.6. The van der Waals surface area contributed by atoms with E-state index in [1.165, 1.54) is 61.8 Å². The summed E-state index contributed by atoms with van der Waals surface area (Å²) in [5.41, 5.74) is -0.732. The van der Waals surface area contributed by atoms with E-state index in [0.29, 0.717) is 11.1 Å². The van der Waals surface area contributed by atoms with Crippen molar-refractivity contribution >= 4 is 5.91 Å². The van der Waals surface area contributed by atoms with Crippen molar-refractivity contribution < 1.29 is 27.1 Å². The smallest absolute Gasteiger partial charge is 0.418 e. The number of carbonyl (C=O) groups is 1. The predicted molar refractivity (Wildman–Crippen MR) is 101 cm³/mol. The van der Waals surface area contributed by atoms with Gasteiger partial charge in [-0.1, -0.05) is 30.3 Å². The quantitative estimate of drug-likeness (QED) is 0.598. The Kier molecular flexibility index (Phi) is 6.29. The highest BCUT2D eigenvalue weighted by atomic mass is 19.4. The molecule has 0 aliphatic carbocycles. The molecule has 0 spiro atoms. The van der Waals surface area contributed by atoms with E-state index in [4.69, 9.17) is 4.74 Å². The van der Waals surface area contributed by atoms with Gasteiger partial charge >= 0.3 is 6.18 Å². The summed E-state index contributed by atoms with van der Waals surface area (Å²) >= 11 is 0. The number of benzene rings is 1. The molecular formula is C21H17F4N3O2. The lowest BCUT2D eigenvalue weighted by Gasteiger charge is -2.22. The van der Waals surface area contributed by atoms with Gasteiger partial charge in [-0.3, -0.25) is 9.78 Å². The van der Waals surface area contributed by atoms with Crippen molar-refractivity contribution in [3.05, 3.63) is 88.9 Å². The zero-order valence-corrected chi connectivity index (χ0v) is 15.8. The molecule has 1 atom stereocenters. The van der Waals surface area contributed by atoms with Crippen molar-refractivity contribution in [1.29, 1.82) is 0 Å². The van der Waals surface area contributed by atoms with Crippen molar-refractivity contribution in [2.75, 3.05) is 7.11 Å². The fourth-order valence-electron chi connectivity index (χ4n) is 2.86. The molecule has 1 aromatic carbocycles. The third kappa shape index (κ3) is 4.73. The van der Waals surface area contributed by atoms with E-state index in [2.05, 4.69) is 15.3 Å². The molecule has 0 radical (unpaired) electrons. The van der Waals surface area contributed by atoms with E-state index in [9.17, 15) is 22.4 Å². The van der Waals surface area contributed by atoms with Gasteiger partial charge in [-0.25, -0.2) is 9.37 Å². The van der Waals surface area contributed by atoms with Crippen molar-refractivity contribution in [3.8, 4) is 5.88 Å². The second-order valence-corrected chi connectivity index (χ2v) is 6.28. The van der Waals surface area contributed by atoms with E-state index in [1.807, 2.05) is 0 Å². The Balaban J connectivity index is 2.05. The summed E-state index contributed by atoms with van der Waals surface area (Å²) < 4.78 is 58.5. The van der Waals surface area contributed by atoms with E-state index < -0.39 is 30.4 Å². The minimum Gasteiger partial charge on any atom is -0.481 e. The second kappa shape index (κ2) is 8.89. The largest absolute Gasteiger partial charge is 0.481 e. The van der Waals surface area contributed by atoms with Crippen molar-refractivity contribution in [1.82, 2.24) is 15.3 Å². The van der Waals surface area contributed by atoms with Gasteiger partial charge in [-0.15, -0.1) is 0 Å². The summed E-state index contributed by atoms with van der Waals surface area (Å²) in [6.45, 7) is -0.720. The number of methoxy groups -OCH3 is 1. The summed E-state index contributed by atoms with van der Waals surface area (Å²) in [7, 11) is 1.38. The topological polar surface area (TPSA) is 64.1 Å². The van der Waals surface area contributed by atoms with Crippen LogP contribution in [0.25, 0.3) is 0 Å². The fraction of sp³-hybridized carbons (Fsp3) is 0.190. The van der Waals surface area contributed by atoms with Gasteiger partial charge < -0.3 is 10.1 Å². The van der Waals surface area contributed by atoms with E-state index in [-0.39, 0.29) is 17.3 Å². The lowest BCUT2D eigenvalue weighted by molar-refractivity contribution is -0.138. The third-order valence-electron chi connectivity index (χ3n) is 4.33. The highest BCUT2D eigenvalue weighted by Crippen LogP contribution is 2.35. The molecule has 2 aromatic heterocycles. The Morgan fingerprint density at radius 3 is 2.47 bits per heavy atom.